The fourth-order valence-electron chi connectivity index (χ4n) is 1.61. The van der Waals surface area contributed by atoms with Crippen LogP contribution in [0.25, 0.3) is 0 Å². The van der Waals surface area contributed by atoms with Crippen LogP contribution in [-0.4, -0.2) is 47.3 Å². The maximum absolute atomic E-state index is 11.3. The number of hydrogen-bond donors (Lipinski definition) is 2. The summed E-state index contributed by atoms with van der Waals surface area (Å²) in [5, 5.41) is 6.74. The minimum Gasteiger partial charge on any atom is -0.382 e. The molecule has 1 amide bonds. The highest BCUT2D eigenvalue weighted by molar-refractivity contribution is 5.77. The summed E-state index contributed by atoms with van der Waals surface area (Å²) in [4.78, 5) is 13.4. The fourth-order valence-corrected chi connectivity index (χ4v) is 1.61. The van der Waals surface area contributed by atoms with Gasteiger partial charge in [-0.05, 0) is 19.0 Å². The van der Waals surface area contributed by atoms with Gasteiger partial charge in [-0.1, -0.05) is 6.92 Å². The van der Waals surface area contributed by atoms with E-state index in [0.29, 0.717) is 12.4 Å². The Kier molecular flexibility index (Phi) is 5.48. The molecule has 0 spiro atoms. The van der Waals surface area contributed by atoms with Crippen molar-refractivity contribution in [3.63, 3.8) is 0 Å². The zero-order chi connectivity index (χ0) is 12.7. The predicted molar refractivity (Wildman–Crippen MR) is 67.4 cm³/mol. The first-order valence-corrected chi connectivity index (χ1v) is 5.87. The molecule has 96 valence electrons. The number of carbonyl (C=O) groups is 1. The molecule has 0 radical (unpaired) electrons. The summed E-state index contributed by atoms with van der Waals surface area (Å²) in [5.41, 5.74) is 5.54. The number of nitrogens with one attached hydrogen (secondary N) is 1. The van der Waals surface area contributed by atoms with E-state index in [0.717, 1.165) is 26.1 Å². The van der Waals surface area contributed by atoms with Crippen LogP contribution in [0.5, 0.6) is 0 Å². The van der Waals surface area contributed by atoms with Crippen LogP contribution in [-0.2, 0) is 11.3 Å². The molecule has 0 aliphatic carbocycles. The summed E-state index contributed by atoms with van der Waals surface area (Å²) in [7, 11) is 1.65. The van der Waals surface area contributed by atoms with E-state index in [9.17, 15) is 4.79 Å². The molecule has 0 aromatic carbocycles. The molecule has 0 bridgehead atoms. The van der Waals surface area contributed by atoms with Crippen molar-refractivity contribution < 1.29 is 4.79 Å². The summed E-state index contributed by atoms with van der Waals surface area (Å²) in [6.45, 7) is 4.98. The van der Waals surface area contributed by atoms with Crippen molar-refractivity contribution in [1.29, 1.82) is 0 Å². The molecule has 1 aromatic rings. The highest BCUT2D eigenvalue weighted by Crippen LogP contribution is 1.98. The molecule has 0 saturated heterocycles. The quantitative estimate of drug-likeness (QED) is 0.698. The number of nitrogens with zero attached hydrogens (tertiary/aromatic N) is 3. The SMILES string of the molecule is CCCN(CCn1ccc(N)n1)CC(=O)NC. The minimum atomic E-state index is 0.0402. The summed E-state index contributed by atoms with van der Waals surface area (Å²) in [6, 6.07) is 1.77. The molecule has 0 saturated carbocycles. The topological polar surface area (TPSA) is 76.2 Å². The molecule has 6 nitrogen and oxygen atoms in total. The van der Waals surface area contributed by atoms with Crippen LogP contribution in [0.15, 0.2) is 12.3 Å². The van der Waals surface area contributed by atoms with Gasteiger partial charge in [-0.25, -0.2) is 0 Å². The van der Waals surface area contributed by atoms with Gasteiger partial charge in [0.1, 0.15) is 5.82 Å². The zero-order valence-electron chi connectivity index (χ0n) is 10.5. The van der Waals surface area contributed by atoms with Crippen LogP contribution in [0.2, 0.25) is 0 Å². The first kappa shape index (κ1) is 13.5. The average Bonchev–Trinajstić information content (AvgIpc) is 2.72. The van der Waals surface area contributed by atoms with Gasteiger partial charge in [0, 0.05) is 19.8 Å². The lowest BCUT2D eigenvalue weighted by Gasteiger charge is -2.20. The highest BCUT2D eigenvalue weighted by atomic mass is 16.1. The van der Waals surface area contributed by atoms with Crippen LogP contribution in [0, 0.1) is 0 Å². The van der Waals surface area contributed by atoms with Crippen LogP contribution in [0.3, 0.4) is 0 Å². The van der Waals surface area contributed by atoms with Crippen molar-refractivity contribution in [2.24, 2.45) is 0 Å². The molecule has 0 aliphatic rings. The van der Waals surface area contributed by atoms with Gasteiger partial charge < -0.3 is 11.1 Å². The van der Waals surface area contributed by atoms with E-state index in [4.69, 9.17) is 5.73 Å². The largest absolute Gasteiger partial charge is 0.382 e. The van der Waals surface area contributed by atoms with Gasteiger partial charge >= 0.3 is 0 Å². The van der Waals surface area contributed by atoms with E-state index in [1.54, 1.807) is 17.8 Å². The lowest BCUT2D eigenvalue weighted by atomic mass is 10.3. The number of anilines is 1. The standard InChI is InChI=1S/C11H21N5O/c1-3-5-15(9-11(17)13-2)7-8-16-6-4-10(12)14-16/h4,6H,3,5,7-9H2,1-2H3,(H2,12,14)(H,13,17). The predicted octanol–water partition coefficient (Wildman–Crippen LogP) is -0.0767. The highest BCUT2D eigenvalue weighted by Gasteiger charge is 2.08. The van der Waals surface area contributed by atoms with E-state index < -0.39 is 0 Å². The Balaban J connectivity index is 2.40. The van der Waals surface area contributed by atoms with Gasteiger partial charge in [0.05, 0.1) is 13.1 Å². The molecule has 1 rings (SSSR count). The van der Waals surface area contributed by atoms with E-state index in [1.807, 2.05) is 6.20 Å². The monoisotopic (exact) mass is 239 g/mol. The molecule has 3 N–H and O–H groups in total. The van der Waals surface area contributed by atoms with Crippen molar-refractivity contribution in [2.45, 2.75) is 19.9 Å². The number of amides is 1. The molecule has 1 aromatic heterocycles. The second kappa shape index (κ2) is 6.90. The van der Waals surface area contributed by atoms with Crippen LogP contribution in [0.4, 0.5) is 5.82 Å². The molecule has 6 heteroatoms. The Morgan fingerprint density at radius 1 is 1.59 bits per heavy atom. The summed E-state index contributed by atoms with van der Waals surface area (Å²) in [6.07, 6.45) is 2.87. The summed E-state index contributed by atoms with van der Waals surface area (Å²) >= 11 is 0. The summed E-state index contributed by atoms with van der Waals surface area (Å²) in [5.74, 6) is 0.566. The molecule has 1 heterocycles. The number of carbonyl (C=O) groups excluding carboxylic acids is 1. The summed E-state index contributed by atoms with van der Waals surface area (Å²) < 4.78 is 1.79. The van der Waals surface area contributed by atoms with E-state index >= 15 is 0 Å². The lowest BCUT2D eigenvalue weighted by molar-refractivity contribution is -0.121. The Hall–Kier alpha value is -1.56. The second-order valence-electron chi connectivity index (χ2n) is 3.95. The Morgan fingerprint density at radius 2 is 2.35 bits per heavy atom. The molecular formula is C11H21N5O. The minimum absolute atomic E-state index is 0.0402. The molecule has 0 aliphatic heterocycles. The van der Waals surface area contributed by atoms with Crippen molar-refractivity contribution in [3.05, 3.63) is 12.3 Å². The molecule has 0 fully saturated rings. The molecule has 17 heavy (non-hydrogen) atoms. The number of nitrogens with two attached hydrogens (primary N) is 1. The first-order valence-electron chi connectivity index (χ1n) is 5.87. The van der Waals surface area contributed by atoms with Crippen LogP contribution < -0.4 is 11.1 Å². The van der Waals surface area contributed by atoms with E-state index in [2.05, 4.69) is 22.2 Å². The van der Waals surface area contributed by atoms with Crippen LogP contribution in [0.1, 0.15) is 13.3 Å². The van der Waals surface area contributed by atoms with Gasteiger partial charge in [0.15, 0.2) is 0 Å². The first-order chi connectivity index (χ1) is 8.15. The molecule has 0 unspecified atom stereocenters. The lowest BCUT2D eigenvalue weighted by Crippen LogP contribution is -2.37. The molecule has 0 atom stereocenters. The third-order valence-electron chi connectivity index (χ3n) is 2.49. The number of nitrogen functional groups attached to an aromatic ring is 1. The fraction of sp³-hybridized carbons (Fsp3) is 0.636. The Labute approximate surface area is 102 Å². The van der Waals surface area contributed by atoms with Gasteiger partial charge in [-0.3, -0.25) is 14.4 Å². The van der Waals surface area contributed by atoms with Crippen molar-refractivity contribution in [2.75, 3.05) is 32.4 Å². The maximum atomic E-state index is 11.3. The normalized spacial score (nSPS) is 10.8. The van der Waals surface area contributed by atoms with Crippen LogP contribution >= 0.6 is 0 Å². The average molecular weight is 239 g/mol. The third-order valence-corrected chi connectivity index (χ3v) is 2.49. The Bertz CT molecular complexity index is 349. The number of likely N-dealkylation sites (N-methyl/N-ethyl adjacent to an activating group) is 1. The van der Waals surface area contributed by atoms with Crippen molar-refractivity contribution >= 4 is 11.7 Å². The van der Waals surface area contributed by atoms with Gasteiger partial charge in [-0.2, -0.15) is 5.10 Å². The third kappa shape index (κ3) is 4.86. The van der Waals surface area contributed by atoms with Gasteiger partial charge in [-0.15, -0.1) is 0 Å². The van der Waals surface area contributed by atoms with Crippen molar-refractivity contribution in [3.8, 4) is 0 Å². The second-order valence-corrected chi connectivity index (χ2v) is 3.95. The zero-order valence-corrected chi connectivity index (χ0v) is 10.5. The van der Waals surface area contributed by atoms with Crippen molar-refractivity contribution in [1.82, 2.24) is 20.0 Å². The van der Waals surface area contributed by atoms with E-state index in [-0.39, 0.29) is 5.91 Å². The number of hydrogen-bond acceptors (Lipinski definition) is 4. The Morgan fingerprint density at radius 3 is 2.88 bits per heavy atom. The van der Waals surface area contributed by atoms with Gasteiger partial charge in [0.2, 0.25) is 5.91 Å². The molecular weight excluding hydrogens is 218 g/mol. The number of aromatic nitrogens is 2. The number of rotatable bonds is 7. The smallest absolute Gasteiger partial charge is 0.233 e. The van der Waals surface area contributed by atoms with Gasteiger partial charge in [0.25, 0.3) is 0 Å². The van der Waals surface area contributed by atoms with E-state index in [1.165, 1.54) is 0 Å². The maximum Gasteiger partial charge on any atom is 0.233 e.